The molecular formula is C28H25N3O7S. The van der Waals surface area contributed by atoms with E-state index in [9.17, 15) is 24.5 Å². The highest BCUT2D eigenvalue weighted by atomic mass is 32.2. The van der Waals surface area contributed by atoms with Gasteiger partial charge in [0.15, 0.2) is 11.5 Å². The van der Waals surface area contributed by atoms with Crippen molar-refractivity contribution in [2.75, 3.05) is 19.0 Å². The second kappa shape index (κ2) is 12.3. The Kier molecular flexibility index (Phi) is 8.62. The van der Waals surface area contributed by atoms with Gasteiger partial charge in [-0.2, -0.15) is 0 Å². The van der Waals surface area contributed by atoms with Gasteiger partial charge in [0.1, 0.15) is 13.2 Å². The maximum atomic E-state index is 12.9. The molecular weight excluding hydrogens is 522 g/mol. The van der Waals surface area contributed by atoms with E-state index in [1.807, 2.05) is 19.1 Å². The van der Waals surface area contributed by atoms with E-state index in [0.717, 1.165) is 34.2 Å². The van der Waals surface area contributed by atoms with Crippen LogP contribution in [0.15, 0.2) is 71.6 Å². The van der Waals surface area contributed by atoms with Crippen molar-refractivity contribution < 1.29 is 28.8 Å². The number of nitro groups is 1. The zero-order valence-electron chi connectivity index (χ0n) is 21.2. The number of non-ortho nitro benzene ring substituents is 1. The topological polar surface area (TPSA) is 128 Å². The summed E-state index contributed by atoms with van der Waals surface area (Å²) in [6, 6.07) is 18.4. The molecule has 0 spiro atoms. The van der Waals surface area contributed by atoms with Crippen molar-refractivity contribution in [2.45, 2.75) is 20.0 Å². The maximum absolute atomic E-state index is 12.9. The highest BCUT2D eigenvalue weighted by Gasteiger charge is 2.36. The summed E-state index contributed by atoms with van der Waals surface area (Å²) in [4.78, 5) is 49.2. The van der Waals surface area contributed by atoms with Gasteiger partial charge in [0.25, 0.3) is 16.8 Å². The predicted molar refractivity (Wildman–Crippen MR) is 148 cm³/mol. The van der Waals surface area contributed by atoms with Crippen molar-refractivity contribution >= 4 is 46.3 Å². The van der Waals surface area contributed by atoms with Crippen LogP contribution in [0.2, 0.25) is 0 Å². The number of carbonyl (C=O) groups excluding carboxylic acids is 3. The van der Waals surface area contributed by atoms with E-state index in [1.54, 1.807) is 48.5 Å². The summed E-state index contributed by atoms with van der Waals surface area (Å²) in [6.07, 6.45) is 2.43. The van der Waals surface area contributed by atoms with Crippen LogP contribution in [0.5, 0.6) is 11.5 Å². The van der Waals surface area contributed by atoms with Crippen LogP contribution in [0.4, 0.5) is 16.2 Å². The van der Waals surface area contributed by atoms with Gasteiger partial charge in [0, 0.05) is 17.8 Å². The average molecular weight is 548 g/mol. The Morgan fingerprint density at radius 2 is 1.72 bits per heavy atom. The van der Waals surface area contributed by atoms with Crippen LogP contribution in [-0.4, -0.2) is 40.5 Å². The van der Waals surface area contributed by atoms with Crippen LogP contribution in [0.25, 0.3) is 6.08 Å². The van der Waals surface area contributed by atoms with Crippen LogP contribution in [0, 0.1) is 10.1 Å². The number of anilines is 1. The molecule has 11 heteroatoms. The first kappa shape index (κ1) is 27.4. The third-order valence-electron chi connectivity index (χ3n) is 5.85. The van der Waals surface area contributed by atoms with Gasteiger partial charge in [-0.1, -0.05) is 25.1 Å². The van der Waals surface area contributed by atoms with Gasteiger partial charge < -0.3 is 14.8 Å². The molecule has 1 fully saturated rings. The number of nitro benzene ring substituents is 1. The Morgan fingerprint density at radius 3 is 2.36 bits per heavy atom. The number of aryl methyl sites for hydroxylation is 1. The molecule has 10 nitrogen and oxygen atoms in total. The molecule has 0 radical (unpaired) electrons. The molecule has 39 heavy (non-hydrogen) atoms. The molecule has 3 aromatic carbocycles. The summed E-state index contributed by atoms with van der Waals surface area (Å²) in [6.45, 7) is 1.80. The van der Waals surface area contributed by atoms with Crippen molar-refractivity contribution in [3.8, 4) is 11.5 Å². The van der Waals surface area contributed by atoms with Crippen molar-refractivity contribution in [3.05, 3.63) is 98.4 Å². The third-order valence-corrected chi connectivity index (χ3v) is 6.76. The standard InChI is InChI=1S/C28H25N3O7S/c1-3-18-4-9-21(10-5-18)29-26(32)16-30-27(33)25(39-28(30)34)15-20-8-13-23(24(14-20)37-2)38-17-19-6-11-22(12-7-19)31(35)36/h4-15H,3,16-17H2,1-2H3,(H,29,32)/b25-15+. The number of nitrogens with zero attached hydrogens (tertiary/aromatic N) is 2. The summed E-state index contributed by atoms with van der Waals surface area (Å²) in [5.41, 5.74) is 3.04. The molecule has 1 N–H and O–H groups in total. The lowest BCUT2D eigenvalue weighted by Crippen LogP contribution is -2.36. The molecule has 4 rings (SSSR count). The molecule has 3 amide bonds. The number of imide groups is 1. The highest BCUT2D eigenvalue weighted by molar-refractivity contribution is 8.18. The molecule has 0 saturated carbocycles. The molecule has 0 aromatic heterocycles. The Bertz CT molecular complexity index is 1440. The first-order valence-electron chi connectivity index (χ1n) is 12.0. The van der Waals surface area contributed by atoms with Crippen LogP contribution in [0.1, 0.15) is 23.6 Å². The van der Waals surface area contributed by atoms with E-state index in [1.165, 1.54) is 19.2 Å². The fraction of sp³-hybridized carbons (Fsp3) is 0.179. The van der Waals surface area contributed by atoms with Gasteiger partial charge in [-0.15, -0.1) is 0 Å². The Hall–Kier alpha value is -4.64. The maximum Gasteiger partial charge on any atom is 0.294 e. The molecule has 1 aliphatic rings. The zero-order chi connectivity index (χ0) is 27.9. The average Bonchev–Trinajstić information content (AvgIpc) is 3.19. The minimum atomic E-state index is -0.557. The van der Waals surface area contributed by atoms with E-state index in [0.29, 0.717) is 22.7 Å². The Balaban J connectivity index is 1.40. The van der Waals surface area contributed by atoms with Crippen LogP contribution in [0.3, 0.4) is 0 Å². The predicted octanol–water partition coefficient (Wildman–Crippen LogP) is 5.42. The zero-order valence-corrected chi connectivity index (χ0v) is 22.0. The van der Waals surface area contributed by atoms with Crippen LogP contribution >= 0.6 is 11.8 Å². The number of hydrogen-bond acceptors (Lipinski definition) is 8. The molecule has 3 aromatic rings. The molecule has 1 heterocycles. The fourth-order valence-corrected chi connectivity index (χ4v) is 4.56. The minimum absolute atomic E-state index is 0.00701. The summed E-state index contributed by atoms with van der Waals surface area (Å²) < 4.78 is 11.2. The first-order chi connectivity index (χ1) is 18.8. The summed E-state index contributed by atoms with van der Waals surface area (Å²) in [5.74, 6) is -0.193. The number of methoxy groups -OCH3 is 1. The lowest BCUT2D eigenvalue weighted by atomic mass is 10.1. The fourth-order valence-electron chi connectivity index (χ4n) is 3.72. The monoisotopic (exact) mass is 547 g/mol. The minimum Gasteiger partial charge on any atom is -0.493 e. The Morgan fingerprint density at radius 1 is 1.03 bits per heavy atom. The van der Waals surface area contributed by atoms with E-state index in [-0.39, 0.29) is 17.2 Å². The number of ether oxygens (including phenoxy) is 2. The second-order valence-corrected chi connectivity index (χ2v) is 9.48. The van der Waals surface area contributed by atoms with Crippen molar-refractivity contribution in [1.82, 2.24) is 4.90 Å². The first-order valence-corrected chi connectivity index (χ1v) is 12.8. The Labute approximate surface area is 228 Å². The third kappa shape index (κ3) is 6.82. The van der Waals surface area contributed by atoms with E-state index < -0.39 is 28.5 Å². The summed E-state index contributed by atoms with van der Waals surface area (Å²) >= 11 is 0.757. The van der Waals surface area contributed by atoms with E-state index in [4.69, 9.17) is 9.47 Å². The summed E-state index contributed by atoms with van der Waals surface area (Å²) in [5, 5.41) is 13.0. The molecule has 0 aliphatic carbocycles. The highest BCUT2D eigenvalue weighted by Crippen LogP contribution is 2.35. The SMILES string of the molecule is CCc1ccc(NC(=O)CN2C(=O)S/C(=C/c3ccc(OCc4ccc([N+](=O)[O-])cc4)c(OC)c3)C2=O)cc1. The van der Waals surface area contributed by atoms with E-state index in [2.05, 4.69) is 5.32 Å². The number of amides is 3. The van der Waals surface area contributed by atoms with Gasteiger partial charge in [0.2, 0.25) is 5.91 Å². The number of carbonyl (C=O) groups is 3. The van der Waals surface area contributed by atoms with Crippen LogP contribution < -0.4 is 14.8 Å². The molecule has 1 saturated heterocycles. The quantitative estimate of drug-likeness (QED) is 0.202. The van der Waals surface area contributed by atoms with Crippen molar-refractivity contribution in [1.29, 1.82) is 0 Å². The second-order valence-electron chi connectivity index (χ2n) is 8.49. The number of hydrogen-bond donors (Lipinski definition) is 1. The summed E-state index contributed by atoms with van der Waals surface area (Å²) in [7, 11) is 1.47. The normalized spacial score (nSPS) is 14.0. The van der Waals surface area contributed by atoms with Gasteiger partial charge in [0.05, 0.1) is 16.9 Å². The van der Waals surface area contributed by atoms with Gasteiger partial charge in [-0.05, 0) is 77.3 Å². The number of rotatable bonds is 10. The van der Waals surface area contributed by atoms with Gasteiger partial charge >= 0.3 is 0 Å². The van der Waals surface area contributed by atoms with E-state index >= 15 is 0 Å². The largest absolute Gasteiger partial charge is 0.493 e. The number of thioether (sulfide) groups is 1. The molecule has 200 valence electrons. The van der Waals surface area contributed by atoms with Crippen molar-refractivity contribution in [2.24, 2.45) is 0 Å². The molecule has 0 unspecified atom stereocenters. The lowest BCUT2D eigenvalue weighted by Gasteiger charge is -2.13. The van der Waals surface area contributed by atoms with Crippen molar-refractivity contribution in [3.63, 3.8) is 0 Å². The lowest BCUT2D eigenvalue weighted by molar-refractivity contribution is -0.384. The van der Waals surface area contributed by atoms with Crippen LogP contribution in [-0.2, 0) is 22.6 Å². The van der Waals surface area contributed by atoms with Gasteiger partial charge in [-0.25, -0.2) is 0 Å². The smallest absolute Gasteiger partial charge is 0.294 e. The molecule has 0 bridgehead atoms. The molecule has 0 atom stereocenters. The van der Waals surface area contributed by atoms with Gasteiger partial charge in [-0.3, -0.25) is 29.4 Å². The number of benzene rings is 3. The molecule has 1 aliphatic heterocycles. The number of nitrogens with one attached hydrogen (secondary N) is 1.